The van der Waals surface area contributed by atoms with Crippen LogP contribution in [0.4, 0.5) is 4.39 Å². The zero-order chi connectivity index (χ0) is 13.3. The van der Waals surface area contributed by atoms with Gasteiger partial charge in [-0.15, -0.1) is 0 Å². The smallest absolute Gasteiger partial charge is 0.147 e. The van der Waals surface area contributed by atoms with Gasteiger partial charge in [0.05, 0.1) is 6.54 Å². The first-order chi connectivity index (χ1) is 8.47. The molecule has 2 aromatic rings. The molecule has 0 fully saturated rings. The minimum Gasteiger partial charge on any atom is -0.389 e. The van der Waals surface area contributed by atoms with Crippen molar-refractivity contribution in [2.24, 2.45) is 5.73 Å². The topological polar surface area (TPSA) is 56.7 Å². The number of thiocarbonyl (C=S) groups is 1. The molecule has 0 amide bonds. The van der Waals surface area contributed by atoms with E-state index in [2.05, 4.69) is 10.1 Å². The van der Waals surface area contributed by atoms with E-state index in [0.717, 1.165) is 5.82 Å². The summed E-state index contributed by atoms with van der Waals surface area (Å²) in [6, 6.07) is 4.36. The summed E-state index contributed by atoms with van der Waals surface area (Å²) in [7, 11) is 0. The molecule has 0 unspecified atom stereocenters. The normalized spacial score (nSPS) is 10.6. The lowest BCUT2D eigenvalue weighted by Gasteiger charge is -2.09. The van der Waals surface area contributed by atoms with Crippen molar-refractivity contribution in [3.8, 4) is 0 Å². The number of nitrogens with two attached hydrogens (primary N) is 1. The quantitative estimate of drug-likeness (QED) is 0.858. The predicted molar refractivity (Wildman–Crippen MR) is 70.9 cm³/mol. The minimum atomic E-state index is -0.320. The largest absolute Gasteiger partial charge is 0.389 e. The molecular weight excluding hydrogens is 251 g/mol. The van der Waals surface area contributed by atoms with Gasteiger partial charge in [-0.1, -0.05) is 12.2 Å². The molecule has 2 N–H and O–H groups in total. The van der Waals surface area contributed by atoms with Gasteiger partial charge in [-0.3, -0.25) is 0 Å². The standard InChI is InChI=1S/C12H13FN4S/c1-7-15-8(2)17(16-7)6-9-5-10(13)3-4-11(9)12(14)18/h3-5H,6H2,1-2H3,(H2,14,18). The van der Waals surface area contributed by atoms with Gasteiger partial charge in [0.1, 0.15) is 22.5 Å². The van der Waals surface area contributed by atoms with Crippen LogP contribution in [0.5, 0.6) is 0 Å². The fraction of sp³-hybridized carbons (Fsp3) is 0.250. The van der Waals surface area contributed by atoms with Crippen LogP contribution in [0.3, 0.4) is 0 Å². The monoisotopic (exact) mass is 264 g/mol. The van der Waals surface area contributed by atoms with Gasteiger partial charge in [0.2, 0.25) is 0 Å². The number of rotatable bonds is 3. The molecule has 0 radical (unpaired) electrons. The van der Waals surface area contributed by atoms with Gasteiger partial charge >= 0.3 is 0 Å². The first-order valence-corrected chi connectivity index (χ1v) is 5.84. The molecule has 18 heavy (non-hydrogen) atoms. The van der Waals surface area contributed by atoms with E-state index >= 15 is 0 Å². The maximum atomic E-state index is 13.3. The Hall–Kier alpha value is -1.82. The van der Waals surface area contributed by atoms with Crippen molar-refractivity contribution in [2.75, 3.05) is 0 Å². The van der Waals surface area contributed by atoms with Crippen LogP contribution >= 0.6 is 12.2 Å². The Morgan fingerprint density at radius 2 is 2.17 bits per heavy atom. The van der Waals surface area contributed by atoms with Crippen LogP contribution in [0, 0.1) is 19.7 Å². The van der Waals surface area contributed by atoms with Gasteiger partial charge in [0, 0.05) is 5.56 Å². The van der Waals surface area contributed by atoms with Crippen molar-refractivity contribution < 1.29 is 4.39 Å². The fourth-order valence-electron chi connectivity index (χ4n) is 1.81. The van der Waals surface area contributed by atoms with E-state index in [9.17, 15) is 4.39 Å². The molecule has 1 heterocycles. The fourth-order valence-corrected chi connectivity index (χ4v) is 2.01. The van der Waals surface area contributed by atoms with Crippen LogP contribution < -0.4 is 5.73 Å². The van der Waals surface area contributed by atoms with E-state index in [1.54, 1.807) is 10.7 Å². The zero-order valence-corrected chi connectivity index (χ0v) is 11.0. The SMILES string of the molecule is Cc1nc(C)n(Cc2cc(F)ccc2C(N)=S)n1. The molecule has 0 bridgehead atoms. The Bertz CT molecular complexity index is 606. The second-order valence-corrected chi connectivity index (χ2v) is 4.47. The predicted octanol–water partition coefficient (Wildman–Crippen LogP) is 1.72. The summed E-state index contributed by atoms with van der Waals surface area (Å²) in [6.45, 7) is 4.06. The summed E-state index contributed by atoms with van der Waals surface area (Å²) in [5.74, 6) is 1.13. The average molecular weight is 264 g/mol. The summed E-state index contributed by atoms with van der Waals surface area (Å²) >= 11 is 4.96. The summed E-state index contributed by atoms with van der Waals surface area (Å²) in [4.78, 5) is 4.45. The van der Waals surface area contributed by atoms with Crippen LogP contribution in [-0.2, 0) is 6.54 Å². The molecule has 94 valence electrons. The van der Waals surface area contributed by atoms with E-state index in [1.165, 1.54) is 12.1 Å². The summed E-state index contributed by atoms with van der Waals surface area (Å²) < 4.78 is 15.0. The molecular formula is C12H13FN4S. The maximum Gasteiger partial charge on any atom is 0.147 e. The van der Waals surface area contributed by atoms with E-state index in [0.29, 0.717) is 23.5 Å². The number of aryl methyl sites for hydroxylation is 2. The second kappa shape index (κ2) is 4.81. The van der Waals surface area contributed by atoms with Crippen molar-refractivity contribution in [1.29, 1.82) is 0 Å². The third-order valence-electron chi connectivity index (χ3n) is 2.62. The average Bonchev–Trinajstić information content (AvgIpc) is 2.57. The number of benzene rings is 1. The van der Waals surface area contributed by atoms with Crippen molar-refractivity contribution in [3.05, 3.63) is 46.8 Å². The summed E-state index contributed by atoms with van der Waals surface area (Å²) in [6.07, 6.45) is 0. The van der Waals surface area contributed by atoms with Crippen LogP contribution in [-0.4, -0.2) is 19.8 Å². The molecule has 0 saturated carbocycles. The highest BCUT2D eigenvalue weighted by Gasteiger charge is 2.10. The Morgan fingerprint density at radius 3 is 2.72 bits per heavy atom. The van der Waals surface area contributed by atoms with E-state index in [4.69, 9.17) is 18.0 Å². The van der Waals surface area contributed by atoms with Crippen molar-refractivity contribution >= 4 is 17.2 Å². The number of aromatic nitrogens is 3. The molecule has 0 aliphatic heterocycles. The zero-order valence-electron chi connectivity index (χ0n) is 10.1. The Labute approximate surface area is 110 Å². The molecule has 0 aliphatic carbocycles. The van der Waals surface area contributed by atoms with Gasteiger partial charge in [-0.05, 0) is 37.6 Å². The number of hydrogen-bond acceptors (Lipinski definition) is 3. The van der Waals surface area contributed by atoms with Crippen molar-refractivity contribution in [2.45, 2.75) is 20.4 Å². The molecule has 0 atom stereocenters. The number of halogens is 1. The second-order valence-electron chi connectivity index (χ2n) is 4.03. The number of nitrogens with zero attached hydrogens (tertiary/aromatic N) is 3. The highest BCUT2D eigenvalue weighted by Crippen LogP contribution is 2.13. The van der Waals surface area contributed by atoms with Gasteiger partial charge in [-0.2, -0.15) is 5.10 Å². The summed E-state index contributed by atoms with van der Waals surface area (Å²) in [5.41, 5.74) is 7.00. The molecule has 0 aliphatic rings. The van der Waals surface area contributed by atoms with Crippen molar-refractivity contribution in [3.63, 3.8) is 0 Å². The molecule has 1 aromatic heterocycles. The van der Waals surface area contributed by atoms with Crippen LogP contribution in [0.15, 0.2) is 18.2 Å². The highest BCUT2D eigenvalue weighted by molar-refractivity contribution is 7.80. The van der Waals surface area contributed by atoms with E-state index in [-0.39, 0.29) is 10.8 Å². The minimum absolute atomic E-state index is 0.250. The molecule has 4 nitrogen and oxygen atoms in total. The third-order valence-corrected chi connectivity index (χ3v) is 2.84. The first-order valence-electron chi connectivity index (χ1n) is 5.43. The van der Waals surface area contributed by atoms with Crippen LogP contribution in [0.1, 0.15) is 22.8 Å². The third kappa shape index (κ3) is 2.53. The maximum absolute atomic E-state index is 13.3. The van der Waals surface area contributed by atoms with Gasteiger partial charge in [-0.25, -0.2) is 14.1 Å². The Balaban J connectivity index is 2.42. The molecule has 2 rings (SSSR count). The summed E-state index contributed by atoms with van der Waals surface area (Å²) in [5, 5.41) is 4.23. The molecule has 0 saturated heterocycles. The molecule has 1 aromatic carbocycles. The molecule has 6 heteroatoms. The van der Waals surface area contributed by atoms with E-state index < -0.39 is 0 Å². The van der Waals surface area contributed by atoms with Crippen LogP contribution in [0.25, 0.3) is 0 Å². The van der Waals surface area contributed by atoms with Gasteiger partial charge in [0.15, 0.2) is 0 Å². The van der Waals surface area contributed by atoms with Gasteiger partial charge in [0.25, 0.3) is 0 Å². The van der Waals surface area contributed by atoms with Crippen molar-refractivity contribution in [1.82, 2.24) is 14.8 Å². The number of hydrogen-bond donors (Lipinski definition) is 1. The van der Waals surface area contributed by atoms with Crippen LogP contribution in [0.2, 0.25) is 0 Å². The van der Waals surface area contributed by atoms with Gasteiger partial charge < -0.3 is 5.73 Å². The Kier molecular flexibility index (Phi) is 3.38. The van der Waals surface area contributed by atoms with E-state index in [1.807, 2.05) is 13.8 Å². The lowest BCUT2D eigenvalue weighted by atomic mass is 10.1. The lowest BCUT2D eigenvalue weighted by Crippen LogP contribution is -2.15. The molecule has 0 spiro atoms. The first kappa shape index (κ1) is 12.6. The highest BCUT2D eigenvalue weighted by atomic mass is 32.1. The lowest BCUT2D eigenvalue weighted by molar-refractivity contribution is 0.614. The Morgan fingerprint density at radius 1 is 1.44 bits per heavy atom.